The van der Waals surface area contributed by atoms with Gasteiger partial charge in [-0.2, -0.15) is 0 Å². The van der Waals surface area contributed by atoms with Crippen LogP contribution in [0.15, 0.2) is 28.7 Å². The van der Waals surface area contributed by atoms with Crippen molar-refractivity contribution in [3.05, 3.63) is 34.3 Å². The number of halogens is 1. The van der Waals surface area contributed by atoms with Gasteiger partial charge in [0.05, 0.1) is 0 Å². The van der Waals surface area contributed by atoms with Crippen LogP contribution in [0, 0.1) is 0 Å². The van der Waals surface area contributed by atoms with Crippen LogP contribution in [0.1, 0.15) is 23.7 Å². The summed E-state index contributed by atoms with van der Waals surface area (Å²) in [5.74, 6) is -0.154. The van der Waals surface area contributed by atoms with Crippen molar-refractivity contribution < 1.29 is 9.59 Å². The molecule has 0 bridgehead atoms. The quantitative estimate of drug-likeness (QED) is 0.813. The molecule has 0 unspecified atom stereocenters. The minimum absolute atomic E-state index is 0.0123. The molecule has 1 rings (SSSR count). The smallest absolute Gasteiger partial charge is 0.251 e. The molecule has 0 atom stereocenters. The number of rotatable bonds is 5. The van der Waals surface area contributed by atoms with Crippen LogP contribution in [0.25, 0.3) is 0 Å². The van der Waals surface area contributed by atoms with Crippen LogP contribution < -0.4 is 10.6 Å². The molecule has 0 fully saturated rings. The summed E-state index contributed by atoms with van der Waals surface area (Å²) in [6.45, 7) is 2.67. The van der Waals surface area contributed by atoms with Crippen molar-refractivity contribution in [2.75, 3.05) is 13.1 Å². The molecule has 0 spiro atoms. The third kappa shape index (κ3) is 4.99. The highest BCUT2D eigenvalue weighted by Gasteiger charge is 2.04. The second kappa shape index (κ2) is 7.06. The zero-order chi connectivity index (χ0) is 12.7. The molecule has 1 aromatic carbocycles. The first-order valence-electron chi connectivity index (χ1n) is 5.44. The van der Waals surface area contributed by atoms with Gasteiger partial charge in [0, 0.05) is 29.5 Å². The van der Waals surface area contributed by atoms with E-state index in [4.69, 9.17) is 0 Å². The monoisotopic (exact) mass is 298 g/mol. The van der Waals surface area contributed by atoms with Crippen LogP contribution in [-0.4, -0.2) is 24.9 Å². The van der Waals surface area contributed by atoms with Crippen molar-refractivity contribution in [2.24, 2.45) is 0 Å². The first kappa shape index (κ1) is 13.7. The molecule has 0 aliphatic carbocycles. The second-order valence-corrected chi connectivity index (χ2v) is 4.39. The minimum atomic E-state index is -0.142. The first-order chi connectivity index (χ1) is 8.13. The summed E-state index contributed by atoms with van der Waals surface area (Å²) in [5, 5.41) is 5.42. The van der Waals surface area contributed by atoms with Crippen molar-refractivity contribution in [3.63, 3.8) is 0 Å². The van der Waals surface area contributed by atoms with E-state index in [9.17, 15) is 9.59 Å². The van der Waals surface area contributed by atoms with Crippen LogP contribution in [0.5, 0.6) is 0 Å². The molecule has 0 aliphatic heterocycles. The molecule has 1 aromatic rings. The van der Waals surface area contributed by atoms with Crippen LogP contribution in [0.2, 0.25) is 0 Å². The fourth-order valence-electron chi connectivity index (χ4n) is 1.23. The molecule has 0 aromatic heterocycles. The van der Waals surface area contributed by atoms with Crippen LogP contribution in [0.4, 0.5) is 0 Å². The third-order valence-electron chi connectivity index (χ3n) is 2.14. The Bertz CT molecular complexity index is 407. The van der Waals surface area contributed by atoms with Gasteiger partial charge in [-0.3, -0.25) is 9.59 Å². The SMILES string of the molecule is CCC(=O)NCCNC(=O)c1cccc(Br)c1. The number of benzene rings is 1. The molecule has 2 amide bonds. The molecule has 0 saturated heterocycles. The highest BCUT2D eigenvalue weighted by molar-refractivity contribution is 9.10. The number of carbonyl (C=O) groups excluding carboxylic acids is 2. The normalized spacial score (nSPS) is 9.76. The van der Waals surface area contributed by atoms with E-state index >= 15 is 0 Å². The van der Waals surface area contributed by atoms with E-state index in [1.807, 2.05) is 6.07 Å². The van der Waals surface area contributed by atoms with Gasteiger partial charge in [-0.05, 0) is 18.2 Å². The standard InChI is InChI=1S/C12H15BrN2O2/c1-2-11(16)14-6-7-15-12(17)9-4-3-5-10(13)8-9/h3-5,8H,2,6-7H2,1H3,(H,14,16)(H,15,17). The molecule has 0 heterocycles. The van der Waals surface area contributed by atoms with Gasteiger partial charge in [0.1, 0.15) is 0 Å². The molecular formula is C12H15BrN2O2. The Labute approximate surface area is 109 Å². The first-order valence-corrected chi connectivity index (χ1v) is 6.23. The lowest BCUT2D eigenvalue weighted by molar-refractivity contribution is -0.120. The Morgan fingerprint density at radius 1 is 1.24 bits per heavy atom. The van der Waals surface area contributed by atoms with Gasteiger partial charge in [0.2, 0.25) is 5.91 Å². The molecule has 17 heavy (non-hydrogen) atoms. The number of nitrogens with one attached hydrogen (secondary N) is 2. The molecule has 0 radical (unpaired) electrons. The summed E-state index contributed by atoms with van der Waals surface area (Å²) in [6.07, 6.45) is 0.458. The molecular weight excluding hydrogens is 284 g/mol. The Kier molecular flexibility index (Phi) is 5.69. The average Bonchev–Trinajstić information content (AvgIpc) is 2.34. The average molecular weight is 299 g/mol. The molecule has 2 N–H and O–H groups in total. The summed E-state index contributed by atoms with van der Waals surface area (Å²) in [7, 11) is 0. The number of carbonyl (C=O) groups is 2. The summed E-state index contributed by atoms with van der Waals surface area (Å²) in [6, 6.07) is 7.15. The van der Waals surface area contributed by atoms with E-state index in [1.165, 1.54) is 0 Å². The summed E-state index contributed by atoms with van der Waals surface area (Å²) < 4.78 is 0.865. The molecule has 5 heteroatoms. The third-order valence-corrected chi connectivity index (χ3v) is 2.63. The zero-order valence-corrected chi connectivity index (χ0v) is 11.2. The van der Waals surface area contributed by atoms with E-state index in [2.05, 4.69) is 26.6 Å². The van der Waals surface area contributed by atoms with Crippen molar-refractivity contribution in [1.82, 2.24) is 10.6 Å². The molecule has 0 aliphatic rings. The van der Waals surface area contributed by atoms with Gasteiger partial charge in [0.25, 0.3) is 5.91 Å². The Morgan fingerprint density at radius 3 is 2.59 bits per heavy atom. The molecule has 0 saturated carbocycles. The fourth-order valence-corrected chi connectivity index (χ4v) is 1.63. The van der Waals surface area contributed by atoms with Gasteiger partial charge in [-0.25, -0.2) is 0 Å². The summed E-state index contributed by atoms with van der Waals surface area (Å²) in [4.78, 5) is 22.6. The van der Waals surface area contributed by atoms with Gasteiger partial charge in [0.15, 0.2) is 0 Å². The minimum Gasteiger partial charge on any atom is -0.354 e. The number of hydrogen-bond donors (Lipinski definition) is 2. The number of hydrogen-bond acceptors (Lipinski definition) is 2. The van der Waals surface area contributed by atoms with Gasteiger partial charge in [-0.1, -0.05) is 28.9 Å². The van der Waals surface area contributed by atoms with E-state index in [0.29, 0.717) is 25.1 Å². The van der Waals surface area contributed by atoms with Crippen LogP contribution in [0.3, 0.4) is 0 Å². The van der Waals surface area contributed by atoms with E-state index in [-0.39, 0.29) is 11.8 Å². The van der Waals surface area contributed by atoms with Gasteiger partial charge < -0.3 is 10.6 Å². The Morgan fingerprint density at radius 2 is 1.94 bits per heavy atom. The fraction of sp³-hybridized carbons (Fsp3) is 0.333. The highest BCUT2D eigenvalue weighted by atomic mass is 79.9. The van der Waals surface area contributed by atoms with Gasteiger partial charge >= 0.3 is 0 Å². The van der Waals surface area contributed by atoms with Crippen molar-refractivity contribution in [3.8, 4) is 0 Å². The molecule has 92 valence electrons. The van der Waals surface area contributed by atoms with Crippen molar-refractivity contribution in [1.29, 1.82) is 0 Å². The van der Waals surface area contributed by atoms with Crippen LogP contribution in [-0.2, 0) is 4.79 Å². The van der Waals surface area contributed by atoms with Crippen molar-refractivity contribution in [2.45, 2.75) is 13.3 Å². The summed E-state index contributed by atoms with van der Waals surface area (Å²) >= 11 is 3.30. The van der Waals surface area contributed by atoms with Crippen molar-refractivity contribution >= 4 is 27.7 Å². The lowest BCUT2D eigenvalue weighted by Gasteiger charge is -2.06. The zero-order valence-electron chi connectivity index (χ0n) is 9.63. The Hall–Kier alpha value is -1.36. The topological polar surface area (TPSA) is 58.2 Å². The lowest BCUT2D eigenvalue weighted by Crippen LogP contribution is -2.34. The predicted octanol–water partition coefficient (Wildman–Crippen LogP) is 1.71. The van der Waals surface area contributed by atoms with E-state index in [0.717, 1.165) is 4.47 Å². The Balaban J connectivity index is 2.33. The second-order valence-electron chi connectivity index (χ2n) is 3.47. The largest absolute Gasteiger partial charge is 0.354 e. The maximum atomic E-state index is 11.7. The number of amides is 2. The lowest BCUT2D eigenvalue weighted by atomic mass is 10.2. The van der Waals surface area contributed by atoms with E-state index < -0.39 is 0 Å². The molecule has 4 nitrogen and oxygen atoms in total. The van der Waals surface area contributed by atoms with Crippen LogP contribution >= 0.6 is 15.9 Å². The maximum Gasteiger partial charge on any atom is 0.251 e. The summed E-state index contributed by atoms with van der Waals surface area (Å²) in [5.41, 5.74) is 0.598. The predicted molar refractivity (Wildman–Crippen MR) is 69.8 cm³/mol. The maximum absolute atomic E-state index is 11.7. The van der Waals surface area contributed by atoms with Gasteiger partial charge in [-0.15, -0.1) is 0 Å². The van der Waals surface area contributed by atoms with E-state index in [1.54, 1.807) is 25.1 Å². The highest BCUT2D eigenvalue weighted by Crippen LogP contribution is 2.11.